The van der Waals surface area contributed by atoms with Gasteiger partial charge < -0.3 is 5.32 Å². The van der Waals surface area contributed by atoms with Crippen LogP contribution in [0.15, 0.2) is 48.6 Å². The topological polar surface area (TPSA) is 57.8 Å². The lowest BCUT2D eigenvalue weighted by Crippen LogP contribution is -2.15. The maximum absolute atomic E-state index is 13.8. The number of halogens is 1. The van der Waals surface area contributed by atoms with Crippen molar-refractivity contribution in [3.05, 3.63) is 65.4 Å². The summed E-state index contributed by atoms with van der Waals surface area (Å²) >= 11 is 0. The minimum absolute atomic E-state index is 0.0865. The molecule has 0 radical (unpaired) electrons. The Morgan fingerprint density at radius 2 is 2.12 bits per heavy atom. The molecule has 4 rings (SSSR count). The fourth-order valence-corrected chi connectivity index (χ4v) is 3.11. The Morgan fingerprint density at radius 3 is 2.77 bits per heavy atom. The molecule has 26 heavy (non-hydrogen) atoms. The summed E-state index contributed by atoms with van der Waals surface area (Å²) in [5, 5.41) is 9.96. The normalized spacial score (nSPS) is 22.2. The van der Waals surface area contributed by atoms with E-state index in [1.165, 1.54) is 12.8 Å². The monoisotopic (exact) mass is 351 g/mol. The van der Waals surface area contributed by atoms with Gasteiger partial charge in [0.25, 0.3) is 0 Å². The van der Waals surface area contributed by atoms with Gasteiger partial charge >= 0.3 is 0 Å². The maximum atomic E-state index is 13.8. The summed E-state index contributed by atoms with van der Waals surface area (Å²) in [5.41, 5.74) is 2.82. The number of carbonyl (C=O) groups excluding carboxylic acids is 1. The van der Waals surface area contributed by atoms with E-state index in [0.29, 0.717) is 24.6 Å². The molecule has 2 aromatic rings. The second kappa shape index (κ2) is 6.56. The predicted octanol–water partition coefficient (Wildman–Crippen LogP) is 4.54. The van der Waals surface area contributed by atoms with Gasteiger partial charge in [0.2, 0.25) is 5.91 Å². The summed E-state index contributed by atoms with van der Waals surface area (Å²) in [5.74, 6) is 1.08. The number of anilines is 1. The van der Waals surface area contributed by atoms with Crippen LogP contribution in [0.1, 0.15) is 48.9 Å². The molecule has 1 unspecified atom stereocenters. The highest BCUT2D eigenvalue weighted by molar-refractivity contribution is 5.91. The molecular weight excluding hydrogens is 329 g/mol. The number of aromatic nitrogens is 2. The van der Waals surface area contributed by atoms with Gasteiger partial charge in [0.05, 0.1) is 6.42 Å². The molecule has 0 spiro atoms. The van der Waals surface area contributed by atoms with Gasteiger partial charge in [-0.15, -0.1) is 0 Å². The van der Waals surface area contributed by atoms with Crippen molar-refractivity contribution in [3.8, 4) is 0 Å². The van der Waals surface area contributed by atoms with Crippen molar-refractivity contribution < 1.29 is 9.18 Å². The van der Waals surface area contributed by atoms with Crippen LogP contribution in [0.25, 0.3) is 5.57 Å². The highest BCUT2D eigenvalue weighted by Crippen LogP contribution is 2.39. The largest absolute Gasteiger partial charge is 0.309 e. The van der Waals surface area contributed by atoms with E-state index in [4.69, 9.17) is 0 Å². The molecular formula is C21H22FN3O. The molecule has 2 aliphatic rings. The van der Waals surface area contributed by atoms with E-state index in [9.17, 15) is 9.18 Å². The first kappa shape index (κ1) is 16.8. The summed E-state index contributed by atoms with van der Waals surface area (Å²) in [4.78, 5) is 12.2. The minimum Gasteiger partial charge on any atom is -0.309 e. The SMILES string of the molecule is CC1(F)C=CC(c2ccc(CC(=O)Nc3cc(C4CC4)[nH]n3)cc2)=CC1. The van der Waals surface area contributed by atoms with E-state index in [1.54, 1.807) is 13.0 Å². The Balaban J connectivity index is 1.35. The van der Waals surface area contributed by atoms with Crippen LogP contribution in [-0.2, 0) is 11.2 Å². The highest BCUT2D eigenvalue weighted by Gasteiger charge is 2.25. The number of nitrogens with one attached hydrogen (secondary N) is 2. The standard InChI is InChI=1S/C21H22FN3O/c1-21(22)10-8-16(9-11-21)15-4-2-14(3-5-15)12-20(26)23-19-13-18(24-25-19)17-6-7-17/h2-5,8-10,13,17H,6-7,11-12H2,1H3,(H2,23,24,25,26). The van der Waals surface area contributed by atoms with E-state index >= 15 is 0 Å². The smallest absolute Gasteiger partial charge is 0.229 e. The summed E-state index contributed by atoms with van der Waals surface area (Å²) in [6.07, 6.45) is 8.40. The molecule has 4 nitrogen and oxygen atoms in total. The van der Waals surface area contributed by atoms with E-state index in [-0.39, 0.29) is 5.91 Å². The number of benzene rings is 1. The Kier molecular flexibility index (Phi) is 4.23. The molecule has 0 bridgehead atoms. The zero-order valence-corrected chi connectivity index (χ0v) is 14.8. The second-order valence-corrected chi connectivity index (χ2v) is 7.38. The first-order chi connectivity index (χ1) is 12.5. The number of aromatic amines is 1. The highest BCUT2D eigenvalue weighted by atomic mass is 19.1. The van der Waals surface area contributed by atoms with Crippen LogP contribution < -0.4 is 5.32 Å². The molecule has 1 heterocycles. The molecule has 5 heteroatoms. The predicted molar refractivity (Wildman–Crippen MR) is 101 cm³/mol. The lowest BCUT2D eigenvalue weighted by molar-refractivity contribution is -0.115. The molecule has 2 aliphatic carbocycles. The Bertz CT molecular complexity index is 873. The fraction of sp³-hybridized carbons (Fsp3) is 0.333. The van der Waals surface area contributed by atoms with Crippen LogP contribution >= 0.6 is 0 Å². The van der Waals surface area contributed by atoms with Gasteiger partial charge in [-0.25, -0.2) is 4.39 Å². The first-order valence-electron chi connectivity index (χ1n) is 9.01. The molecule has 2 N–H and O–H groups in total. The first-order valence-corrected chi connectivity index (χ1v) is 9.01. The molecule has 1 aromatic heterocycles. The van der Waals surface area contributed by atoms with Crippen molar-refractivity contribution in [2.24, 2.45) is 0 Å². The molecule has 1 fully saturated rings. The number of allylic oxidation sites excluding steroid dienone is 4. The fourth-order valence-electron chi connectivity index (χ4n) is 3.11. The molecule has 1 amide bonds. The van der Waals surface area contributed by atoms with E-state index < -0.39 is 5.67 Å². The Hall–Kier alpha value is -2.69. The molecule has 1 atom stereocenters. The van der Waals surface area contributed by atoms with Crippen molar-refractivity contribution in [1.29, 1.82) is 0 Å². The molecule has 0 saturated heterocycles. The number of nitrogens with zero attached hydrogens (tertiary/aromatic N) is 1. The third-order valence-corrected chi connectivity index (χ3v) is 4.87. The van der Waals surface area contributed by atoms with Gasteiger partial charge in [-0.05, 0) is 42.5 Å². The van der Waals surface area contributed by atoms with Crippen molar-refractivity contribution in [2.45, 2.75) is 44.2 Å². The van der Waals surface area contributed by atoms with Crippen LogP contribution in [0.3, 0.4) is 0 Å². The molecule has 0 aliphatic heterocycles. The number of H-pyrrole nitrogens is 1. The summed E-state index contributed by atoms with van der Waals surface area (Å²) in [6.45, 7) is 1.57. The number of amides is 1. The lowest BCUT2D eigenvalue weighted by Gasteiger charge is -2.19. The van der Waals surface area contributed by atoms with Crippen molar-refractivity contribution >= 4 is 17.3 Å². The summed E-state index contributed by atoms with van der Waals surface area (Å²) < 4.78 is 13.8. The van der Waals surface area contributed by atoms with Gasteiger partial charge in [0.1, 0.15) is 5.67 Å². The summed E-state index contributed by atoms with van der Waals surface area (Å²) in [6, 6.07) is 9.73. The third-order valence-electron chi connectivity index (χ3n) is 4.87. The molecule has 134 valence electrons. The number of alkyl halides is 1. The van der Waals surface area contributed by atoms with Crippen molar-refractivity contribution in [3.63, 3.8) is 0 Å². The van der Waals surface area contributed by atoms with Gasteiger partial charge in [0, 0.05) is 24.1 Å². The van der Waals surface area contributed by atoms with Gasteiger partial charge in [0.15, 0.2) is 5.82 Å². The summed E-state index contributed by atoms with van der Waals surface area (Å²) in [7, 11) is 0. The van der Waals surface area contributed by atoms with Crippen LogP contribution in [-0.4, -0.2) is 21.8 Å². The van der Waals surface area contributed by atoms with Crippen LogP contribution in [0.2, 0.25) is 0 Å². The number of carbonyl (C=O) groups is 1. The van der Waals surface area contributed by atoms with E-state index in [1.807, 2.05) is 42.5 Å². The van der Waals surface area contributed by atoms with Gasteiger partial charge in [-0.3, -0.25) is 9.89 Å². The average molecular weight is 351 g/mol. The number of hydrogen-bond donors (Lipinski definition) is 2. The Labute approximate surface area is 152 Å². The molecule has 1 aromatic carbocycles. The number of hydrogen-bond acceptors (Lipinski definition) is 2. The van der Waals surface area contributed by atoms with Crippen LogP contribution in [0.4, 0.5) is 10.2 Å². The molecule has 1 saturated carbocycles. The van der Waals surface area contributed by atoms with Crippen molar-refractivity contribution in [2.75, 3.05) is 5.32 Å². The number of rotatable bonds is 5. The Morgan fingerprint density at radius 1 is 1.35 bits per heavy atom. The van der Waals surface area contributed by atoms with Gasteiger partial charge in [-0.1, -0.05) is 36.4 Å². The zero-order chi connectivity index (χ0) is 18.1. The average Bonchev–Trinajstić information content (AvgIpc) is 3.36. The third kappa shape index (κ3) is 3.93. The minimum atomic E-state index is -1.26. The maximum Gasteiger partial charge on any atom is 0.229 e. The van der Waals surface area contributed by atoms with Gasteiger partial charge in [-0.2, -0.15) is 5.10 Å². The van der Waals surface area contributed by atoms with Crippen LogP contribution in [0, 0.1) is 0 Å². The zero-order valence-electron chi connectivity index (χ0n) is 14.8. The quantitative estimate of drug-likeness (QED) is 0.831. The lowest BCUT2D eigenvalue weighted by atomic mass is 9.92. The van der Waals surface area contributed by atoms with Crippen LogP contribution in [0.5, 0.6) is 0 Å². The van der Waals surface area contributed by atoms with E-state index in [0.717, 1.165) is 22.4 Å². The second-order valence-electron chi connectivity index (χ2n) is 7.38. The van der Waals surface area contributed by atoms with Crippen molar-refractivity contribution in [1.82, 2.24) is 10.2 Å². The van der Waals surface area contributed by atoms with E-state index in [2.05, 4.69) is 15.5 Å².